The highest BCUT2D eigenvalue weighted by atomic mass is 15.1. The molecular weight excluding hydrogens is 222 g/mol. The maximum absolute atomic E-state index is 7.45. The predicted molar refractivity (Wildman–Crippen MR) is 77.9 cm³/mol. The number of nitrogens with two attached hydrogens (primary N) is 1. The Hall–Kier alpha value is -1.35. The van der Waals surface area contributed by atoms with Crippen LogP contribution in [0.4, 0.5) is 0 Å². The van der Waals surface area contributed by atoms with E-state index >= 15 is 0 Å². The molecule has 0 aliphatic rings. The number of amidine groups is 1. The second-order valence-electron chi connectivity index (χ2n) is 4.99. The van der Waals surface area contributed by atoms with Crippen LogP contribution < -0.4 is 5.73 Å². The quantitative estimate of drug-likeness (QED) is 0.575. The van der Waals surface area contributed by atoms with E-state index in [1.807, 2.05) is 18.2 Å². The van der Waals surface area contributed by atoms with Gasteiger partial charge in [0.25, 0.3) is 0 Å². The largest absolute Gasteiger partial charge is 0.384 e. The average molecular weight is 247 g/mol. The van der Waals surface area contributed by atoms with E-state index < -0.39 is 0 Å². The highest BCUT2D eigenvalue weighted by molar-refractivity contribution is 5.95. The van der Waals surface area contributed by atoms with Crippen LogP contribution in [-0.4, -0.2) is 24.3 Å². The van der Waals surface area contributed by atoms with Gasteiger partial charge in [0.05, 0.1) is 0 Å². The summed E-state index contributed by atoms with van der Waals surface area (Å²) in [5, 5.41) is 7.45. The van der Waals surface area contributed by atoms with Gasteiger partial charge < -0.3 is 10.6 Å². The summed E-state index contributed by atoms with van der Waals surface area (Å²) in [5.74, 6) is 0.908. The smallest absolute Gasteiger partial charge is 0.122 e. The maximum Gasteiger partial charge on any atom is 0.122 e. The Morgan fingerprint density at radius 3 is 2.56 bits per heavy atom. The van der Waals surface area contributed by atoms with Gasteiger partial charge in [-0.1, -0.05) is 44.9 Å². The van der Waals surface area contributed by atoms with Crippen molar-refractivity contribution in [2.75, 3.05) is 13.6 Å². The van der Waals surface area contributed by atoms with Gasteiger partial charge in [-0.25, -0.2) is 0 Å². The minimum Gasteiger partial charge on any atom is -0.384 e. The summed E-state index contributed by atoms with van der Waals surface area (Å²) in [6.07, 6.45) is 2.46. The van der Waals surface area contributed by atoms with E-state index in [-0.39, 0.29) is 5.84 Å². The molecule has 0 unspecified atom stereocenters. The van der Waals surface area contributed by atoms with Gasteiger partial charge in [0.15, 0.2) is 0 Å². The van der Waals surface area contributed by atoms with Crippen LogP contribution in [-0.2, 0) is 6.54 Å². The molecule has 100 valence electrons. The highest BCUT2D eigenvalue weighted by Gasteiger charge is 2.08. The van der Waals surface area contributed by atoms with E-state index in [1.54, 1.807) is 0 Å². The Morgan fingerprint density at radius 1 is 1.33 bits per heavy atom. The Morgan fingerprint density at radius 2 is 2.00 bits per heavy atom. The third kappa shape index (κ3) is 4.49. The van der Waals surface area contributed by atoms with Crippen molar-refractivity contribution < 1.29 is 0 Å². The monoisotopic (exact) mass is 247 g/mol. The Labute approximate surface area is 111 Å². The summed E-state index contributed by atoms with van der Waals surface area (Å²) in [4.78, 5) is 2.34. The highest BCUT2D eigenvalue weighted by Crippen LogP contribution is 2.12. The van der Waals surface area contributed by atoms with E-state index in [1.165, 1.54) is 18.4 Å². The molecule has 18 heavy (non-hydrogen) atoms. The van der Waals surface area contributed by atoms with Crippen molar-refractivity contribution in [1.82, 2.24) is 4.90 Å². The molecule has 0 amide bonds. The molecule has 0 aliphatic heterocycles. The first-order valence-electron chi connectivity index (χ1n) is 6.68. The average Bonchev–Trinajstić information content (AvgIpc) is 2.36. The van der Waals surface area contributed by atoms with Crippen LogP contribution in [0.3, 0.4) is 0 Å². The number of nitrogen functional groups attached to an aromatic ring is 1. The van der Waals surface area contributed by atoms with Gasteiger partial charge in [-0.05, 0) is 24.6 Å². The second-order valence-corrected chi connectivity index (χ2v) is 4.99. The lowest BCUT2D eigenvalue weighted by Crippen LogP contribution is -2.25. The molecule has 0 atom stereocenters. The van der Waals surface area contributed by atoms with Gasteiger partial charge in [-0.3, -0.25) is 5.41 Å². The zero-order chi connectivity index (χ0) is 13.5. The number of nitrogens with one attached hydrogen (secondary N) is 1. The number of nitrogens with zero attached hydrogens (tertiary/aromatic N) is 1. The topological polar surface area (TPSA) is 53.1 Å². The molecule has 0 aliphatic carbocycles. The molecule has 0 radical (unpaired) electrons. The normalized spacial score (nSPS) is 11.2. The van der Waals surface area contributed by atoms with Gasteiger partial charge in [0.1, 0.15) is 5.84 Å². The number of hydrogen-bond donors (Lipinski definition) is 2. The predicted octanol–water partition coefficient (Wildman–Crippen LogP) is 2.84. The minimum absolute atomic E-state index is 0.138. The molecule has 0 saturated carbocycles. The maximum atomic E-state index is 7.45. The lowest BCUT2D eigenvalue weighted by atomic mass is 10.0. The van der Waals surface area contributed by atoms with Gasteiger partial charge in [-0.2, -0.15) is 0 Å². The molecule has 3 heteroatoms. The molecule has 0 spiro atoms. The van der Waals surface area contributed by atoms with Crippen LogP contribution in [0.5, 0.6) is 0 Å². The van der Waals surface area contributed by atoms with Crippen molar-refractivity contribution >= 4 is 5.84 Å². The van der Waals surface area contributed by atoms with Crippen LogP contribution in [0.2, 0.25) is 0 Å². The van der Waals surface area contributed by atoms with E-state index in [4.69, 9.17) is 11.1 Å². The third-order valence-corrected chi connectivity index (χ3v) is 3.42. The molecule has 0 saturated heterocycles. The molecule has 0 bridgehead atoms. The second kappa shape index (κ2) is 7.17. The molecule has 0 fully saturated rings. The van der Waals surface area contributed by atoms with Crippen LogP contribution in [0.25, 0.3) is 0 Å². The summed E-state index contributed by atoms with van der Waals surface area (Å²) in [7, 11) is 2.15. The Bertz CT molecular complexity index is 383. The van der Waals surface area contributed by atoms with Crippen molar-refractivity contribution in [2.45, 2.75) is 33.2 Å². The first-order valence-corrected chi connectivity index (χ1v) is 6.68. The van der Waals surface area contributed by atoms with Crippen LogP contribution >= 0.6 is 0 Å². The molecule has 1 aromatic carbocycles. The van der Waals surface area contributed by atoms with Crippen LogP contribution in [0, 0.1) is 11.3 Å². The number of rotatable bonds is 7. The fourth-order valence-electron chi connectivity index (χ4n) is 2.20. The Kier molecular flexibility index (Phi) is 5.86. The standard InChI is InChI=1S/C15H25N3/c1-4-12(5-2)10-18(3)11-13-7-6-8-14(9-13)15(16)17/h6-9,12H,4-5,10-11H2,1-3H3,(H3,16,17). The summed E-state index contributed by atoms with van der Waals surface area (Å²) < 4.78 is 0. The van der Waals surface area contributed by atoms with Gasteiger partial charge in [-0.15, -0.1) is 0 Å². The van der Waals surface area contributed by atoms with E-state index in [0.29, 0.717) is 0 Å². The molecule has 0 aromatic heterocycles. The fraction of sp³-hybridized carbons (Fsp3) is 0.533. The van der Waals surface area contributed by atoms with Crippen molar-refractivity contribution in [3.63, 3.8) is 0 Å². The fourth-order valence-corrected chi connectivity index (χ4v) is 2.20. The first-order chi connectivity index (χ1) is 8.56. The first kappa shape index (κ1) is 14.7. The summed E-state index contributed by atoms with van der Waals surface area (Å²) >= 11 is 0. The summed E-state index contributed by atoms with van der Waals surface area (Å²) in [5.41, 5.74) is 7.53. The van der Waals surface area contributed by atoms with Crippen LogP contribution in [0.15, 0.2) is 24.3 Å². The van der Waals surface area contributed by atoms with Crippen molar-refractivity contribution in [2.24, 2.45) is 11.7 Å². The SMILES string of the molecule is CCC(CC)CN(C)Cc1cccc(C(=N)N)c1. The molecule has 1 rings (SSSR count). The van der Waals surface area contributed by atoms with E-state index in [9.17, 15) is 0 Å². The third-order valence-electron chi connectivity index (χ3n) is 3.42. The molecule has 3 nitrogen and oxygen atoms in total. The minimum atomic E-state index is 0.138. The molecule has 0 heterocycles. The van der Waals surface area contributed by atoms with Crippen molar-refractivity contribution in [3.8, 4) is 0 Å². The van der Waals surface area contributed by atoms with Crippen molar-refractivity contribution in [1.29, 1.82) is 5.41 Å². The van der Waals surface area contributed by atoms with Gasteiger partial charge in [0, 0.05) is 18.7 Å². The number of hydrogen-bond acceptors (Lipinski definition) is 2. The summed E-state index contributed by atoms with van der Waals surface area (Å²) in [6.45, 7) is 6.53. The zero-order valence-electron chi connectivity index (χ0n) is 11.7. The number of benzene rings is 1. The molecule has 1 aromatic rings. The van der Waals surface area contributed by atoms with Gasteiger partial charge >= 0.3 is 0 Å². The van der Waals surface area contributed by atoms with Crippen LogP contribution in [0.1, 0.15) is 37.8 Å². The van der Waals surface area contributed by atoms with E-state index in [2.05, 4.69) is 31.9 Å². The Balaban J connectivity index is 2.61. The molecule has 3 N–H and O–H groups in total. The van der Waals surface area contributed by atoms with Gasteiger partial charge in [0.2, 0.25) is 0 Å². The summed E-state index contributed by atoms with van der Waals surface area (Å²) in [6, 6.07) is 7.95. The van der Waals surface area contributed by atoms with Crippen molar-refractivity contribution in [3.05, 3.63) is 35.4 Å². The molecular formula is C15H25N3. The lowest BCUT2D eigenvalue weighted by Gasteiger charge is -2.22. The zero-order valence-corrected chi connectivity index (χ0v) is 11.7. The van der Waals surface area contributed by atoms with E-state index in [0.717, 1.165) is 24.6 Å². The lowest BCUT2D eigenvalue weighted by molar-refractivity contribution is 0.260.